The number of carbonyl (C=O) groups excluding carboxylic acids is 1. The molecule has 3 rings (SSSR count). The molecule has 0 atom stereocenters. The lowest BCUT2D eigenvalue weighted by molar-refractivity contribution is -0.133. The fourth-order valence-corrected chi connectivity index (χ4v) is 2.99. The number of carboxylic acid groups (broad SMARTS) is 1. The Labute approximate surface area is 148 Å². The minimum absolute atomic E-state index is 0.131. The van der Waals surface area contributed by atoms with Crippen molar-refractivity contribution in [3.63, 3.8) is 0 Å². The van der Waals surface area contributed by atoms with E-state index in [-0.39, 0.29) is 23.1 Å². The molecule has 0 radical (unpaired) electrons. The third kappa shape index (κ3) is 3.89. The van der Waals surface area contributed by atoms with Crippen LogP contribution in [0.15, 0.2) is 65.3 Å². The molecule has 2 N–H and O–H groups in total. The molecule has 2 aromatic carbocycles. The lowest BCUT2D eigenvalue weighted by Gasteiger charge is -2.17. The molecule has 0 unspecified atom stereocenters. The smallest absolute Gasteiger partial charge is 0.313 e. The molecule has 6 nitrogen and oxygen atoms in total. The monoisotopic (exact) mass is 354 g/mol. The average Bonchev–Trinajstić information content (AvgIpc) is 2.91. The van der Waals surface area contributed by atoms with E-state index in [1.54, 1.807) is 42.5 Å². The highest BCUT2D eigenvalue weighted by molar-refractivity contribution is 8.14. The van der Waals surface area contributed by atoms with Crippen LogP contribution < -0.4 is 4.90 Å². The number of nitrogens with zero attached hydrogens (tertiary/aromatic N) is 2. The number of para-hydroxylation sites is 1. The Morgan fingerprint density at radius 1 is 1.12 bits per heavy atom. The molecule has 25 heavy (non-hydrogen) atoms. The molecular weight excluding hydrogens is 340 g/mol. The summed E-state index contributed by atoms with van der Waals surface area (Å²) in [6.45, 7) is 0. The molecule has 0 bridgehead atoms. The molecule has 0 fully saturated rings. The van der Waals surface area contributed by atoms with Gasteiger partial charge in [-0.05, 0) is 35.9 Å². The van der Waals surface area contributed by atoms with Crippen LogP contribution >= 0.6 is 11.8 Å². The maximum atomic E-state index is 12.8. The first-order chi connectivity index (χ1) is 12.0. The minimum Gasteiger partial charge on any atom is -0.508 e. The van der Waals surface area contributed by atoms with Crippen LogP contribution in [-0.4, -0.2) is 33.0 Å². The highest BCUT2D eigenvalue weighted by Crippen LogP contribution is 2.29. The zero-order valence-electron chi connectivity index (χ0n) is 13.0. The number of hydrogen-bond acceptors (Lipinski definition) is 5. The fraction of sp³-hybridized carbons (Fsp3) is 0.0556. The summed E-state index contributed by atoms with van der Waals surface area (Å²) in [5, 5.41) is 18.6. The number of hydrogen-bond donors (Lipinski definition) is 2. The number of aliphatic imine (C=N–C) groups is 1. The molecule has 7 heteroatoms. The molecule has 0 saturated carbocycles. The highest BCUT2D eigenvalue weighted by Gasteiger charge is 2.32. The predicted octanol–water partition coefficient (Wildman–Crippen LogP) is 2.95. The van der Waals surface area contributed by atoms with Gasteiger partial charge in [-0.25, -0.2) is 4.99 Å². The van der Waals surface area contributed by atoms with Crippen molar-refractivity contribution in [1.29, 1.82) is 0 Å². The quantitative estimate of drug-likeness (QED) is 0.824. The van der Waals surface area contributed by atoms with Crippen LogP contribution in [0.2, 0.25) is 0 Å². The number of phenols is 1. The van der Waals surface area contributed by atoms with Crippen LogP contribution in [-0.2, 0) is 9.59 Å². The molecule has 1 heterocycles. The van der Waals surface area contributed by atoms with E-state index in [1.807, 2.05) is 6.07 Å². The second-order valence-corrected chi connectivity index (χ2v) is 6.12. The van der Waals surface area contributed by atoms with E-state index in [0.29, 0.717) is 16.4 Å². The van der Waals surface area contributed by atoms with Crippen molar-refractivity contribution in [2.75, 3.05) is 10.7 Å². The topological polar surface area (TPSA) is 90.2 Å². The van der Waals surface area contributed by atoms with Gasteiger partial charge in [0.1, 0.15) is 11.4 Å². The number of thioether (sulfide) groups is 1. The normalized spacial score (nSPS) is 15.5. The number of amides is 1. The first-order valence-electron chi connectivity index (χ1n) is 7.38. The van der Waals surface area contributed by atoms with Gasteiger partial charge >= 0.3 is 5.97 Å². The van der Waals surface area contributed by atoms with Crippen molar-refractivity contribution in [3.05, 3.63) is 65.9 Å². The van der Waals surface area contributed by atoms with Crippen LogP contribution in [0.5, 0.6) is 5.75 Å². The number of carboxylic acids is 1. The summed E-state index contributed by atoms with van der Waals surface area (Å²) in [4.78, 5) is 29.3. The Morgan fingerprint density at radius 2 is 1.80 bits per heavy atom. The van der Waals surface area contributed by atoms with Crippen LogP contribution in [0, 0.1) is 0 Å². The van der Waals surface area contributed by atoms with Gasteiger partial charge in [0, 0.05) is 0 Å². The Balaban J connectivity index is 1.96. The summed E-state index contributed by atoms with van der Waals surface area (Å²) < 4.78 is 0. The molecule has 0 aliphatic carbocycles. The van der Waals surface area contributed by atoms with E-state index in [9.17, 15) is 14.7 Å². The number of aromatic hydroxyl groups is 1. The fourth-order valence-electron chi connectivity index (χ4n) is 2.25. The molecule has 1 aliphatic rings. The first kappa shape index (κ1) is 16.8. The SMILES string of the molecule is O=C(O)CSC1=N/C(=C\c2ccc(O)cc2)C(=O)N1c1ccccc1. The van der Waals surface area contributed by atoms with E-state index in [2.05, 4.69) is 4.99 Å². The lowest BCUT2D eigenvalue weighted by Crippen LogP contribution is -2.30. The number of aliphatic carboxylic acids is 1. The Bertz CT molecular complexity index is 860. The van der Waals surface area contributed by atoms with Crippen LogP contribution in [0.1, 0.15) is 5.56 Å². The molecule has 1 aliphatic heterocycles. The van der Waals surface area contributed by atoms with Gasteiger partial charge in [-0.1, -0.05) is 42.1 Å². The van der Waals surface area contributed by atoms with E-state index >= 15 is 0 Å². The minimum atomic E-state index is -0.982. The summed E-state index contributed by atoms with van der Waals surface area (Å²) in [6.07, 6.45) is 1.60. The second-order valence-electron chi connectivity index (χ2n) is 5.17. The average molecular weight is 354 g/mol. The second kappa shape index (κ2) is 7.23. The van der Waals surface area contributed by atoms with E-state index in [0.717, 1.165) is 11.8 Å². The maximum absolute atomic E-state index is 12.8. The van der Waals surface area contributed by atoms with Crippen molar-refractivity contribution in [2.24, 2.45) is 4.99 Å². The molecule has 0 spiro atoms. The summed E-state index contributed by atoms with van der Waals surface area (Å²) >= 11 is 0.990. The van der Waals surface area contributed by atoms with Crippen molar-refractivity contribution in [1.82, 2.24) is 0 Å². The van der Waals surface area contributed by atoms with Crippen molar-refractivity contribution in [3.8, 4) is 5.75 Å². The number of anilines is 1. The zero-order chi connectivity index (χ0) is 17.8. The molecule has 0 saturated heterocycles. The van der Waals surface area contributed by atoms with Crippen molar-refractivity contribution < 1.29 is 19.8 Å². The van der Waals surface area contributed by atoms with Gasteiger partial charge in [0.25, 0.3) is 5.91 Å². The highest BCUT2D eigenvalue weighted by atomic mass is 32.2. The standard InChI is InChI=1S/C18H14N2O4S/c21-14-8-6-12(7-9-14)10-15-17(24)20(13-4-2-1-3-5-13)18(19-15)25-11-16(22)23/h1-10,21H,11H2,(H,22,23)/b15-10-. The lowest BCUT2D eigenvalue weighted by atomic mass is 10.2. The third-order valence-electron chi connectivity index (χ3n) is 3.37. The largest absolute Gasteiger partial charge is 0.508 e. The van der Waals surface area contributed by atoms with Gasteiger partial charge in [0.15, 0.2) is 5.17 Å². The molecule has 126 valence electrons. The first-order valence-corrected chi connectivity index (χ1v) is 8.36. The Kier molecular flexibility index (Phi) is 4.85. The summed E-state index contributed by atoms with van der Waals surface area (Å²) in [5.74, 6) is -1.37. The third-order valence-corrected chi connectivity index (χ3v) is 4.29. The van der Waals surface area contributed by atoms with Gasteiger partial charge in [-0.3, -0.25) is 14.5 Å². The molecular formula is C18H14N2O4S. The van der Waals surface area contributed by atoms with E-state index in [1.165, 1.54) is 17.0 Å². The maximum Gasteiger partial charge on any atom is 0.313 e. The van der Waals surface area contributed by atoms with Crippen LogP contribution in [0.25, 0.3) is 6.08 Å². The Morgan fingerprint density at radius 3 is 2.44 bits per heavy atom. The van der Waals surface area contributed by atoms with Gasteiger partial charge in [-0.2, -0.15) is 0 Å². The van der Waals surface area contributed by atoms with Gasteiger partial charge in [0.2, 0.25) is 0 Å². The van der Waals surface area contributed by atoms with Crippen LogP contribution in [0.4, 0.5) is 5.69 Å². The molecule has 1 amide bonds. The number of rotatable bonds is 4. The molecule has 2 aromatic rings. The van der Waals surface area contributed by atoms with Gasteiger partial charge in [-0.15, -0.1) is 0 Å². The number of amidine groups is 1. The summed E-state index contributed by atoms with van der Waals surface area (Å²) in [7, 11) is 0. The van der Waals surface area contributed by atoms with Gasteiger partial charge in [0.05, 0.1) is 11.4 Å². The number of carbonyl (C=O) groups is 2. The predicted molar refractivity (Wildman–Crippen MR) is 97.5 cm³/mol. The number of phenolic OH excluding ortho intramolecular Hbond substituents is 1. The van der Waals surface area contributed by atoms with Crippen molar-refractivity contribution >= 4 is 40.6 Å². The number of benzene rings is 2. The Hall–Kier alpha value is -3.06. The zero-order valence-corrected chi connectivity index (χ0v) is 13.8. The van der Waals surface area contributed by atoms with Crippen LogP contribution in [0.3, 0.4) is 0 Å². The van der Waals surface area contributed by atoms with Gasteiger partial charge < -0.3 is 10.2 Å². The molecule has 0 aromatic heterocycles. The van der Waals surface area contributed by atoms with E-state index in [4.69, 9.17) is 5.11 Å². The summed E-state index contributed by atoms with van der Waals surface area (Å²) in [5.41, 5.74) is 1.54. The summed E-state index contributed by atoms with van der Waals surface area (Å²) in [6, 6.07) is 15.3. The van der Waals surface area contributed by atoms with Crippen molar-refractivity contribution in [2.45, 2.75) is 0 Å². The van der Waals surface area contributed by atoms with E-state index < -0.39 is 5.97 Å².